The maximum atomic E-state index is 10.9. The average Bonchev–Trinajstić information content (AvgIpc) is 3.09. The Morgan fingerprint density at radius 3 is 2.48 bits per heavy atom. The van der Waals surface area contributed by atoms with Crippen LogP contribution in [0.15, 0.2) is 60.9 Å². The van der Waals surface area contributed by atoms with Gasteiger partial charge in [-0.15, -0.1) is 0 Å². The lowest BCUT2D eigenvalue weighted by Crippen LogP contribution is -2.32. The topological polar surface area (TPSA) is 134 Å². The lowest BCUT2D eigenvalue weighted by molar-refractivity contribution is 0.248. The zero-order valence-corrected chi connectivity index (χ0v) is 15.4. The molecule has 0 spiro atoms. The molecular formula is C20H19N7O2. The maximum absolute atomic E-state index is 10.9. The molecule has 4 rings (SSSR count). The molecule has 9 heteroatoms. The number of para-hydroxylation sites is 1. The number of primary amides is 1. The van der Waals surface area contributed by atoms with Crippen molar-refractivity contribution in [2.75, 3.05) is 12.3 Å². The summed E-state index contributed by atoms with van der Waals surface area (Å²) in [7, 11) is 0. The van der Waals surface area contributed by atoms with Gasteiger partial charge in [0.2, 0.25) is 0 Å². The van der Waals surface area contributed by atoms with Gasteiger partial charge < -0.3 is 21.5 Å². The number of hydrogen-bond acceptors (Lipinski definition) is 6. The molecule has 0 unspecified atom stereocenters. The van der Waals surface area contributed by atoms with E-state index in [9.17, 15) is 4.79 Å². The Labute approximate surface area is 166 Å². The average molecular weight is 389 g/mol. The molecule has 0 aliphatic rings. The van der Waals surface area contributed by atoms with Crippen LogP contribution in [0.25, 0.3) is 22.3 Å². The molecular weight excluding hydrogens is 370 g/mol. The summed E-state index contributed by atoms with van der Waals surface area (Å²) in [6.07, 6.45) is 1.39. The smallest absolute Gasteiger partial charge is 0.312 e. The fourth-order valence-corrected chi connectivity index (χ4v) is 2.98. The van der Waals surface area contributed by atoms with Gasteiger partial charge in [-0.25, -0.2) is 19.4 Å². The van der Waals surface area contributed by atoms with Crippen LogP contribution in [0.3, 0.4) is 0 Å². The van der Waals surface area contributed by atoms with Crippen molar-refractivity contribution >= 4 is 22.9 Å². The minimum absolute atomic E-state index is 0.319. The van der Waals surface area contributed by atoms with Crippen LogP contribution in [0.2, 0.25) is 0 Å². The Morgan fingerprint density at radius 1 is 1.03 bits per heavy atom. The standard InChI is InChI=1S/C20H19N7O2/c21-18-16-17(26-27(11-10-23-20(22)28)19(16)25-12-24-18)13-6-8-15(9-7-13)29-14-4-2-1-3-5-14/h1-9,12H,10-11H2,(H2,21,24,25)(H3,22,23,28). The summed E-state index contributed by atoms with van der Waals surface area (Å²) in [6, 6.07) is 16.5. The minimum atomic E-state index is -0.593. The molecule has 0 fully saturated rings. The molecule has 29 heavy (non-hydrogen) atoms. The number of urea groups is 1. The van der Waals surface area contributed by atoms with E-state index in [0.29, 0.717) is 41.4 Å². The number of anilines is 1. The highest BCUT2D eigenvalue weighted by atomic mass is 16.5. The molecule has 2 amide bonds. The van der Waals surface area contributed by atoms with Crippen LogP contribution in [-0.2, 0) is 6.54 Å². The first-order chi connectivity index (χ1) is 14.1. The van der Waals surface area contributed by atoms with E-state index < -0.39 is 6.03 Å². The van der Waals surface area contributed by atoms with Gasteiger partial charge in [-0.2, -0.15) is 5.10 Å². The Bertz CT molecular complexity index is 1140. The third-order valence-corrected chi connectivity index (χ3v) is 4.29. The van der Waals surface area contributed by atoms with Crippen LogP contribution >= 0.6 is 0 Å². The number of amides is 2. The fraction of sp³-hybridized carbons (Fsp3) is 0.100. The molecule has 0 bridgehead atoms. The summed E-state index contributed by atoms with van der Waals surface area (Å²) >= 11 is 0. The minimum Gasteiger partial charge on any atom is -0.457 e. The SMILES string of the molecule is NC(=O)NCCn1nc(-c2ccc(Oc3ccccc3)cc2)c2c(N)ncnc21. The molecule has 5 N–H and O–H groups in total. The van der Waals surface area contributed by atoms with Gasteiger partial charge in [0, 0.05) is 12.1 Å². The van der Waals surface area contributed by atoms with Gasteiger partial charge in [-0.05, 0) is 36.4 Å². The van der Waals surface area contributed by atoms with E-state index in [1.807, 2.05) is 54.6 Å². The predicted octanol–water partition coefficient (Wildman–Crippen LogP) is 2.54. The second kappa shape index (κ2) is 7.85. The van der Waals surface area contributed by atoms with Crippen molar-refractivity contribution in [1.82, 2.24) is 25.1 Å². The summed E-state index contributed by atoms with van der Waals surface area (Å²) in [5.41, 5.74) is 13.3. The van der Waals surface area contributed by atoms with Crippen molar-refractivity contribution in [3.05, 3.63) is 60.9 Å². The van der Waals surface area contributed by atoms with Gasteiger partial charge in [-0.3, -0.25) is 0 Å². The van der Waals surface area contributed by atoms with E-state index in [1.165, 1.54) is 6.33 Å². The van der Waals surface area contributed by atoms with Gasteiger partial charge >= 0.3 is 6.03 Å². The highest BCUT2D eigenvalue weighted by Crippen LogP contribution is 2.31. The van der Waals surface area contributed by atoms with Crippen molar-refractivity contribution in [3.8, 4) is 22.8 Å². The number of benzene rings is 2. The van der Waals surface area contributed by atoms with Gasteiger partial charge in [0.15, 0.2) is 5.65 Å². The molecule has 0 radical (unpaired) electrons. The molecule has 9 nitrogen and oxygen atoms in total. The third kappa shape index (κ3) is 3.93. The highest BCUT2D eigenvalue weighted by molar-refractivity contribution is 5.98. The number of carbonyl (C=O) groups excluding carboxylic acids is 1. The number of rotatable bonds is 6. The molecule has 2 aromatic carbocycles. The molecule has 146 valence electrons. The second-order valence-electron chi connectivity index (χ2n) is 6.26. The maximum Gasteiger partial charge on any atom is 0.312 e. The van der Waals surface area contributed by atoms with E-state index >= 15 is 0 Å². The fourth-order valence-electron chi connectivity index (χ4n) is 2.98. The number of nitrogens with zero attached hydrogens (tertiary/aromatic N) is 4. The molecule has 0 saturated carbocycles. The van der Waals surface area contributed by atoms with Gasteiger partial charge in [0.05, 0.1) is 11.9 Å². The van der Waals surface area contributed by atoms with E-state index in [1.54, 1.807) is 4.68 Å². The Kier molecular flexibility index (Phi) is 4.93. The quantitative estimate of drug-likeness (QED) is 0.464. The van der Waals surface area contributed by atoms with Crippen molar-refractivity contribution in [1.29, 1.82) is 0 Å². The number of ether oxygens (including phenoxy) is 1. The molecule has 2 heterocycles. The number of aromatic nitrogens is 4. The normalized spacial score (nSPS) is 10.8. The largest absolute Gasteiger partial charge is 0.457 e. The Balaban J connectivity index is 1.65. The van der Waals surface area contributed by atoms with Crippen LogP contribution in [0, 0.1) is 0 Å². The zero-order chi connectivity index (χ0) is 20.2. The van der Waals surface area contributed by atoms with Crippen LogP contribution < -0.4 is 21.5 Å². The Morgan fingerprint density at radius 2 is 1.76 bits per heavy atom. The lowest BCUT2D eigenvalue weighted by Gasteiger charge is -2.06. The lowest BCUT2D eigenvalue weighted by atomic mass is 10.1. The highest BCUT2D eigenvalue weighted by Gasteiger charge is 2.17. The monoisotopic (exact) mass is 389 g/mol. The van der Waals surface area contributed by atoms with Gasteiger partial charge in [0.1, 0.15) is 29.3 Å². The summed E-state index contributed by atoms with van der Waals surface area (Å²) in [5, 5.41) is 7.83. The summed E-state index contributed by atoms with van der Waals surface area (Å²) in [5.74, 6) is 1.80. The van der Waals surface area contributed by atoms with Crippen LogP contribution in [0.4, 0.5) is 10.6 Å². The number of nitrogens with two attached hydrogens (primary N) is 2. The summed E-state index contributed by atoms with van der Waals surface area (Å²) in [6.45, 7) is 0.713. The number of nitrogen functional groups attached to an aromatic ring is 1. The molecule has 4 aromatic rings. The van der Waals surface area contributed by atoms with E-state index in [4.69, 9.17) is 16.2 Å². The number of hydrogen-bond donors (Lipinski definition) is 3. The van der Waals surface area contributed by atoms with Crippen LogP contribution in [-0.4, -0.2) is 32.3 Å². The van der Waals surface area contributed by atoms with Gasteiger partial charge in [-0.1, -0.05) is 18.2 Å². The zero-order valence-electron chi connectivity index (χ0n) is 15.4. The number of carbonyl (C=O) groups is 1. The van der Waals surface area contributed by atoms with E-state index in [2.05, 4.69) is 20.4 Å². The molecule has 0 aliphatic heterocycles. The third-order valence-electron chi connectivity index (χ3n) is 4.29. The van der Waals surface area contributed by atoms with Crippen molar-refractivity contribution < 1.29 is 9.53 Å². The summed E-state index contributed by atoms with van der Waals surface area (Å²) in [4.78, 5) is 19.3. The van der Waals surface area contributed by atoms with E-state index in [-0.39, 0.29) is 0 Å². The van der Waals surface area contributed by atoms with Crippen molar-refractivity contribution in [2.45, 2.75) is 6.54 Å². The second-order valence-corrected chi connectivity index (χ2v) is 6.26. The van der Waals surface area contributed by atoms with Gasteiger partial charge in [0.25, 0.3) is 0 Å². The predicted molar refractivity (Wildman–Crippen MR) is 109 cm³/mol. The van der Waals surface area contributed by atoms with Crippen LogP contribution in [0.1, 0.15) is 0 Å². The first-order valence-electron chi connectivity index (χ1n) is 8.95. The number of fused-ring (bicyclic) bond motifs is 1. The Hall–Kier alpha value is -4.14. The summed E-state index contributed by atoms with van der Waals surface area (Å²) < 4.78 is 7.51. The van der Waals surface area contributed by atoms with Crippen molar-refractivity contribution in [3.63, 3.8) is 0 Å². The molecule has 0 atom stereocenters. The molecule has 2 aromatic heterocycles. The van der Waals surface area contributed by atoms with Crippen molar-refractivity contribution in [2.24, 2.45) is 5.73 Å². The first kappa shape index (κ1) is 18.2. The molecule has 0 aliphatic carbocycles. The first-order valence-corrected chi connectivity index (χ1v) is 8.95. The van der Waals surface area contributed by atoms with Crippen LogP contribution in [0.5, 0.6) is 11.5 Å². The molecule has 0 saturated heterocycles. The number of nitrogens with one attached hydrogen (secondary N) is 1. The van der Waals surface area contributed by atoms with E-state index in [0.717, 1.165) is 11.3 Å².